The Morgan fingerprint density at radius 1 is 1.45 bits per heavy atom. The van der Waals surface area contributed by atoms with Crippen LogP contribution in [0.2, 0.25) is 0 Å². The molecule has 0 unspecified atom stereocenters. The van der Waals surface area contributed by atoms with Gasteiger partial charge in [0.05, 0.1) is 31.5 Å². The molecule has 6 nitrogen and oxygen atoms in total. The van der Waals surface area contributed by atoms with Crippen molar-refractivity contribution in [1.29, 1.82) is 0 Å². The number of aryl methyl sites for hydroxylation is 1. The molecule has 2 atom stereocenters. The van der Waals surface area contributed by atoms with Crippen LogP contribution in [0.15, 0.2) is 12.4 Å². The summed E-state index contributed by atoms with van der Waals surface area (Å²) in [4.78, 5) is 14.0. The highest BCUT2D eigenvalue weighted by molar-refractivity contribution is 5.78. The van der Waals surface area contributed by atoms with Crippen LogP contribution in [0, 0.1) is 6.92 Å². The SMILES string of the molecule is Cc1cnn(CCNCC(=O)N2C[C@@H](C)O[C@@H](C)C2)c1. The number of amides is 1. The molecule has 1 aliphatic rings. The standard InChI is InChI=1S/C14H24N4O2/c1-11-6-16-18(8-11)5-4-15-7-14(19)17-9-12(2)20-13(3)10-17/h6,8,12-13,15H,4-5,7,9-10H2,1-3H3/t12-,13+. The number of carbonyl (C=O) groups excluding carboxylic acids is 1. The van der Waals surface area contributed by atoms with E-state index in [0.717, 1.165) is 18.7 Å². The third kappa shape index (κ3) is 4.31. The Morgan fingerprint density at radius 2 is 2.15 bits per heavy atom. The average Bonchev–Trinajstić information content (AvgIpc) is 2.79. The molecular weight excluding hydrogens is 256 g/mol. The van der Waals surface area contributed by atoms with Gasteiger partial charge < -0.3 is 15.0 Å². The highest BCUT2D eigenvalue weighted by atomic mass is 16.5. The fraction of sp³-hybridized carbons (Fsp3) is 0.714. The van der Waals surface area contributed by atoms with Gasteiger partial charge in [-0.1, -0.05) is 0 Å². The van der Waals surface area contributed by atoms with Crippen LogP contribution in [0.4, 0.5) is 0 Å². The van der Waals surface area contributed by atoms with Crippen molar-refractivity contribution < 1.29 is 9.53 Å². The second-order valence-electron chi connectivity index (χ2n) is 5.51. The number of rotatable bonds is 5. The zero-order valence-corrected chi connectivity index (χ0v) is 12.5. The van der Waals surface area contributed by atoms with Crippen LogP contribution in [0.5, 0.6) is 0 Å². The van der Waals surface area contributed by atoms with Gasteiger partial charge in [0.25, 0.3) is 0 Å². The van der Waals surface area contributed by atoms with Gasteiger partial charge in [0, 0.05) is 25.8 Å². The monoisotopic (exact) mass is 280 g/mol. The molecule has 0 aromatic carbocycles. The highest BCUT2D eigenvalue weighted by Crippen LogP contribution is 2.10. The molecule has 1 amide bonds. The molecule has 2 heterocycles. The smallest absolute Gasteiger partial charge is 0.236 e. The summed E-state index contributed by atoms with van der Waals surface area (Å²) in [5.74, 6) is 0.142. The lowest BCUT2D eigenvalue weighted by molar-refractivity contribution is -0.142. The van der Waals surface area contributed by atoms with Crippen molar-refractivity contribution in [2.45, 2.75) is 39.5 Å². The van der Waals surface area contributed by atoms with E-state index in [1.807, 2.05) is 42.7 Å². The number of hydrogen-bond acceptors (Lipinski definition) is 4. The Kier molecular flexibility index (Phi) is 5.14. The summed E-state index contributed by atoms with van der Waals surface area (Å²) >= 11 is 0. The van der Waals surface area contributed by atoms with Crippen LogP contribution >= 0.6 is 0 Å². The van der Waals surface area contributed by atoms with E-state index in [-0.39, 0.29) is 18.1 Å². The van der Waals surface area contributed by atoms with Crippen molar-refractivity contribution in [3.8, 4) is 0 Å². The van der Waals surface area contributed by atoms with Gasteiger partial charge in [-0.2, -0.15) is 5.10 Å². The second kappa shape index (κ2) is 6.85. The maximum Gasteiger partial charge on any atom is 0.236 e. The first-order valence-corrected chi connectivity index (χ1v) is 7.17. The first-order valence-electron chi connectivity index (χ1n) is 7.17. The summed E-state index contributed by atoms with van der Waals surface area (Å²) in [5.41, 5.74) is 1.15. The van der Waals surface area contributed by atoms with Gasteiger partial charge in [-0.05, 0) is 26.3 Å². The molecular formula is C14H24N4O2. The number of morpholine rings is 1. The molecule has 1 N–H and O–H groups in total. The first-order chi connectivity index (χ1) is 9.54. The van der Waals surface area contributed by atoms with E-state index in [0.29, 0.717) is 19.6 Å². The molecule has 0 radical (unpaired) electrons. The van der Waals surface area contributed by atoms with Crippen molar-refractivity contribution in [1.82, 2.24) is 20.0 Å². The molecule has 1 fully saturated rings. The van der Waals surface area contributed by atoms with E-state index in [9.17, 15) is 4.79 Å². The number of ether oxygens (including phenoxy) is 1. The molecule has 1 aliphatic heterocycles. The average molecular weight is 280 g/mol. The van der Waals surface area contributed by atoms with Crippen LogP contribution in [0.3, 0.4) is 0 Å². The molecule has 112 valence electrons. The van der Waals surface area contributed by atoms with Gasteiger partial charge in [-0.15, -0.1) is 0 Å². The van der Waals surface area contributed by atoms with Crippen LogP contribution in [-0.2, 0) is 16.1 Å². The van der Waals surface area contributed by atoms with E-state index >= 15 is 0 Å². The lowest BCUT2D eigenvalue weighted by atomic mass is 10.2. The molecule has 2 rings (SSSR count). The third-order valence-corrected chi connectivity index (χ3v) is 3.33. The lowest BCUT2D eigenvalue weighted by Crippen LogP contribution is -2.50. The minimum atomic E-state index is 0.120. The van der Waals surface area contributed by atoms with E-state index in [4.69, 9.17) is 4.74 Å². The van der Waals surface area contributed by atoms with Crippen LogP contribution < -0.4 is 5.32 Å². The second-order valence-corrected chi connectivity index (χ2v) is 5.51. The number of aromatic nitrogens is 2. The summed E-state index contributed by atoms with van der Waals surface area (Å²) in [6.45, 7) is 9.28. The van der Waals surface area contributed by atoms with Gasteiger partial charge in [0.15, 0.2) is 0 Å². The van der Waals surface area contributed by atoms with Crippen LogP contribution in [0.1, 0.15) is 19.4 Å². The maximum absolute atomic E-state index is 12.1. The third-order valence-electron chi connectivity index (χ3n) is 3.33. The minimum absolute atomic E-state index is 0.120. The summed E-state index contributed by atoms with van der Waals surface area (Å²) in [6.07, 6.45) is 4.07. The fourth-order valence-corrected chi connectivity index (χ4v) is 2.47. The van der Waals surface area contributed by atoms with E-state index in [2.05, 4.69) is 10.4 Å². The molecule has 1 aromatic heterocycles. The molecule has 1 saturated heterocycles. The molecule has 0 aliphatic carbocycles. The normalized spacial score (nSPS) is 23.1. The Bertz CT molecular complexity index is 436. The minimum Gasteiger partial charge on any atom is -0.372 e. The van der Waals surface area contributed by atoms with Crippen molar-refractivity contribution >= 4 is 5.91 Å². The van der Waals surface area contributed by atoms with Gasteiger partial charge in [-0.3, -0.25) is 9.48 Å². The highest BCUT2D eigenvalue weighted by Gasteiger charge is 2.25. The summed E-state index contributed by atoms with van der Waals surface area (Å²) in [7, 11) is 0. The zero-order chi connectivity index (χ0) is 14.5. The van der Waals surface area contributed by atoms with Crippen molar-refractivity contribution in [3.05, 3.63) is 18.0 Å². The van der Waals surface area contributed by atoms with E-state index in [1.165, 1.54) is 0 Å². The topological polar surface area (TPSA) is 59.4 Å². The molecule has 20 heavy (non-hydrogen) atoms. The number of nitrogens with zero attached hydrogens (tertiary/aromatic N) is 3. The number of carbonyl (C=O) groups is 1. The summed E-state index contributed by atoms with van der Waals surface area (Å²) < 4.78 is 7.51. The lowest BCUT2D eigenvalue weighted by Gasteiger charge is -2.35. The Morgan fingerprint density at radius 3 is 2.75 bits per heavy atom. The molecule has 6 heteroatoms. The van der Waals surface area contributed by atoms with E-state index < -0.39 is 0 Å². The Hall–Kier alpha value is -1.40. The first kappa shape index (κ1) is 15.0. The van der Waals surface area contributed by atoms with Crippen molar-refractivity contribution in [2.75, 3.05) is 26.2 Å². The quantitative estimate of drug-likeness (QED) is 0.794. The van der Waals surface area contributed by atoms with Crippen molar-refractivity contribution in [3.63, 3.8) is 0 Å². The van der Waals surface area contributed by atoms with Crippen LogP contribution in [0.25, 0.3) is 0 Å². The van der Waals surface area contributed by atoms with Crippen LogP contribution in [-0.4, -0.2) is 59.0 Å². The summed E-state index contributed by atoms with van der Waals surface area (Å²) in [6, 6.07) is 0. The number of nitrogens with one attached hydrogen (secondary N) is 1. The van der Waals surface area contributed by atoms with E-state index in [1.54, 1.807) is 0 Å². The Balaban J connectivity index is 1.67. The number of hydrogen-bond donors (Lipinski definition) is 1. The largest absolute Gasteiger partial charge is 0.372 e. The fourth-order valence-electron chi connectivity index (χ4n) is 2.47. The van der Waals surface area contributed by atoms with Crippen molar-refractivity contribution in [2.24, 2.45) is 0 Å². The molecule has 0 bridgehead atoms. The molecule has 0 saturated carbocycles. The predicted molar refractivity (Wildman–Crippen MR) is 76.4 cm³/mol. The molecule has 0 spiro atoms. The van der Waals surface area contributed by atoms with Gasteiger partial charge in [-0.25, -0.2) is 0 Å². The van der Waals surface area contributed by atoms with Gasteiger partial charge in [0.2, 0.25) is 5.91 Å². The van der Waals surface area contributed by atoms with Gasteiger partial charge in [0.1, 0.15) is 0 Å². The van der Waals surface area contributed by atoms with Gasteiger partial charge >= 0.3 is 0 Å². The Labute approximate surface area is 120 Å². The zero-order valence-electron chi connectivity index (χ0n) is 12.5. The summed E-state index contributed by atoms with van der Waals surface area (Å²) in [5, 5.41) is 7.38. The maximum atomic E-state index is 12.1. The predicted octanol–water partition coefficient (Wildman–Crippen LogP) is 0.417. The molecule has 1 aromatic rings.